The zero-order valence-corrected chi connectivity index (χ0v) is 8.55. The molecule has 0 atom stereocenters. The quantitative estimate of drug-likeness (QED) is 0.713. The van der Waals surface area contributed by atoms with Crippen molar-refractivity contribution in [3.05, 3.63) is 35.4 Å². The molecule has 2 aromatic rings. The number of halogens is 1. The van der Waals surface area contributed by atoms with Crippen LogP contribution in [0.3, 0.4) is 0 Å². The predicted molar refractivity (Wildman–Crippen MR) is 63.9 cm³/mol. The topological polar surface area (TPSA) is 50.4 Å². The third-order valence-corrected chi connectivity index (χ3v) is 2.80. The van der Waals surface area contributed by atoms with Gasteiger partial charge in [-0.2, -0.15) is 0 Å². The van der Waals surface area contributed by atoms with E-state index < -0.39 is 0 Å². The zero-order valence-electron chi connectivity index (χ0n) is 7.79. The summed E-state index contributed by atoms with van der Waals surface area (Å²) in [5, 5.41) is 5.77. The van der Waals surface area contributed by atoms with Gasteiger partial charge in [0.05, 0.1) is 11.4 Å². The van der Waals surface area contributed by atoms with Gasteiger partial charge < -0.3 is 11.1 Å². The first-order valence-electron chi connectivity index (χ1n) is 4.58. The Hall–Kier alpha value is -1.74. The first-order valence-corrected chi connectivity index (χ1v) is 4.96. The maximum Gasteiger partial charge on any atom is 0.198 e. The predicted octanol–water partition coefficient (Wildman–Crippen LogP) is 2.86. The van der Waals surface area contributed by atoms with Crippen molar-refractivity contribution in [3.63, 3.8) is 0 Å². The van der Waals surface area contributed by atoms with Crippen molar-refractivity contribution in [1.29, 1.82) is 0 Å². The van der Waals surface area contributed by atoms with Crippen molar-refractivity contribution in [2.24, 2.45) is 10.7 Å². The Morgan fingerprint density at radius 1 is 1.20 bits per heavy atom. The molecule has 2 aromatic carbocycles. The molecule has 0 saturated heterocycles. The lowest BCUT2D eigenvalue weighted by atomic mass is 10.1. The second-order valence-electron chi connectivity index (χ2n) is 3.42. The number of anilines is 1. The molecule has 3 rings (SSSR count). The number of aliphatic imine (C=N–C) groups is 1. The first kappa shape index (κ1) is 8.56. The van der Waals surface area contributed by atoms with Gasteiger partial charge in [-0.15, -0.1) is 0 Å². The van der Waals surface area contributed by atoms with Gasteiger partial charge in [-0.25, -0.2) is 4.99 Å². The number of nitrogens with two attached hydrogens (primary N) is 1. The average molecular weight is 218 g/mol. The van der Waals surface area contributed by atoms with Gasteiger partial charge >= 0.3 is 0 Å². The number of guanidine groups is 1. The third kappa shape index (κ3) is 1.17. The minimum absolute atomic E-state index is 0.414. The average Bonchev–Trinajstić information content (AvgIpc) is 2.23. The minimum atomic E-state index is 0.414. The Morgan fingerprint density at radius 3 is 2.93 bits per heavy atom. The smallest absolute Gasteiger partial charge is 0.198 e. The molecule has 0 aromatic heterocycles. The van der Waals surface area contributed by atoms with Crippen LogP contribution in [0.15, 0.2) is 35.3 Å². The third-order valence-electron chi connectivity index (χ3n) is 2.47. The van der Waals surface area contributed by atoms with Crippen LogP contribution in [0, 0.1) is 0 Å². The van der Waals surface area contributed by atoms with Gasteiger partial charge in [0.15, 0.2) is 5.96 Å². The summed E-state index contributed by atoms with van der Waals surface area (Å²) < 4.78 is 0. The maximum absolute atomic E-state index is 6.11. The normalized spacial score (nSPS) is 13.5. The second kappa shape index (κ2) is 2.87. The Bertz CT molecular complexity index is 590. The molecule has 0 spiro atoms. The Balaban J connectivity index is 2.51. The molecule has 3 N–H and O–H groups in total. The molecule has 1 aliphatic heterocycles. The Morgan fingerprint density at radius 2 is 2.07 bits per heavy atom. The van der Waals surface area contributed by atoms with Crippen LogP contribution in [0.2, 0.25) is 5.02 Å². The van der Waals surface area contributed by atoms with E-state index in [-0.39, 0.29) is 0 Å². The van der Waals surface area contributed by atoms with Crippen molar-refractivity contribution in [2.45, 2.75) is 0 Å². The van der Waals surface area contributed by atoms with Crippen molar-refractivity contribution in [3.8, 4) is 0 Å². The van der Waals surface area contributed by atoms with Gasteiger partial charge in [-0.3, -0.25) is 0 Å². The minimum Gasteiger partial charge on any atom is -0.369 e. The molecule has 3 nitrogen and oxygen atoms in total. The second-order valence-corrected chi connectivity index (χ2v) is 3.82. The van der Waals surface area contributed by atoms with Crippen LogP contribution in [-0.2, 0) is 0 Å². The molecule has 0 amide bonds. The highest BCUT2D eigenvalue weighted by Crippen LogP contribution is 2.38. The summed E-state index contributed by atoms with van der Waals surface area (Å²) in [5.74, 6) is 0.414. The van der Waals surface area contributed by atoms with Crippen LogP contribution in [0.25, 0.3) is 10.8 Å². The highest BCUT2D eigenvalue weighted by molar-refractivity contribution is 6.37. The number of benzene rings is 2. The van der Waals surface area contributed by atoms with Gasteiger partial charge in [-0.05, 0) is 18.2 Å². The van der Waals surface area contributed by atoms with Crippen molar-refractivity contribution >= 4 is 39.7 Å². The van der Waals surface area contributed by atoms with Gasteiger partial charge in [0, 0.05) is 15.8 Å². The summed E-state index contributed by atoms with van der Waals surface area (Å²) in [6, 6.07) is 9.60. The summed E-state index contributed by atoms with van der Waals surface area (Å²) in [6.45, 7) is 0. The molecular weight excluding hydrogens is 210 g/mol. The molecule has 0 bridgehead atoms. The lowest BCUT2D eigenvalue weighted by Gasteiger charge is -2.16. The highest BCUT2D eigenvalue weighted by atomic mass is 35.5. The van der Waals surface area contributed by atoms with E-state index in [4.69, 9.17) is 17.3 Å². The molecule has 0 saturated carbocycles. The lowest BCUT2D eigenvalue weighted by Crippen LogP contribution is -2.23. The van der Waals surface area contributed by atoms with Gasteiger partial charge in [0.2, 0.25) is 0 Å². The van der Waals surface area contributed by atoms with Crippen LogP contribution >= 0.6 is 11.6 Å². The zero-order chi connectivity index (χ0) is 10.4. The molecule has 0 unspecified atom stereocenters. The summed E-state index contributed by atoms with van der Waals surface area (Å²) in [6.07, 6.45) is 0. The monoisotopic (exact) mass is 217 g/mol. The summed E-state index contributed by atoms with van der Waals surface area (Å²) in [4.78, 5) is 4.23. The van der Waals surface area contributed by atoms with Crippen molar-refractivity contribution < 1.29 is 0 Å². The van der Waals surface area contributed by atoms with Crippen LogP contribution in [0.1, 0.15) is 0 Å². The Kier molecular flexibility index (Phi) is 1.64. The molecule has 0 fully saturated rings. The van der Waals surface area contributed by atoms with E-state index >= 15 is 0 Å². The fraction of sp³-hybridized carbons (Fsp3) is 0. The maximum atomic E-state index is 6.11. The summed E-state index contributed by atoms with van der Waals surface area (Å²) in [5.41, 5.74) is 7.49. The number of hydrogen-bond acceptors (Lipinski definition) is 3. The summed E-state index contributed by atoms with van der Waals surface area (Å²) >= 11 is 6.11. The van der Waals surface area contributed by atoms with Gasteiger partial charge in [0.25, 0.3) is 0 Å². The van der Waals surface area contributed by atoms with E-state index in [2.05, 4.69) is 10.3 Å². The van der Waals surface area contributed by atoms with E-state index in [1.165, 1.54) is 0 Å². The highest BCUT2D eigenvalue weighted by Gasteiger charge is 2.13. The molecule has 4 heteroatoms. The van der Waals surface area contributed by atoms with Crippen LogP contribution in [0.5, 0.6) is 0 Å². The molecule has 0 aliphatic carbocycles. The van der Waals surface area contributed by atoms with Crippen LogP contribution < -0.4 is 11.1 Å². The van der Waals surface area contributed by atoms with Crippen LogP contribution in [-0.4, -0.2) is 5.96 Å². The van der Waals surface area contributed by atoms with E-state index in [1.807, 2.05) is 30.3 Å². The fourth-order valence-electron chi connectivity index (χ4n) is 1.85. The van der Waals surface area contributed by atoms with Gasteiger partial charge in [0.1, 0.15) is 0 Å². The number of nitrogens with one attached hydrogen (secondary N) is 1. The van der Waals surface area contributed by atoms with Crippen molar-refractivity contribution in [2.75, 3.05) is 5.32 Å². The molecule has 1 heterocycles. The lowest BCUT2D eigenvalue weighted by molar-refractivity contribution is 1.44. The molecule has 0 radical (unpaired) electrons. The molecule has 1 aliphatic rings. The van der Waals surface area contributed by atoms with E-state index in [1.54, 1.807) is 0 Å². The van der Waals surface area contributed by atoms with E-state index in [9.17, 15) is 0 Å². The number of nitrogens with zero attached hydrogens (tertiary/aromatic N) is 1. The molecule has 74 valence electrons. The van der Waals surface area contributed by atoms with E-state index in [0.717, 1.165) is 27.2 Å². The first-order chi connectivity index (χ1) is 7.25. The summed E-state index contributed by atoms with van der Waals surface area (Å²) in [7, 11) is 0. The largest absolute Gasteiger partial charge is 0.369 e. The fourth-order valence-corrected chi connectivity index (χ4v) is 2.07. The number of hydrogen-bond donors (Lipinski definition) is 2. The Labute approximate surface area is 91.6 Å². The van der Waals surface area contributed by atoms with Crippen molar-refractivity contribution in [1.82, 2.24) is 0 Å². The molecule has 15 heavy (non-hydrogen) atoms. The van der Waals surface area contributed by atoms with E-state index in [0.29, 0.717) is 5.96 Å². The molecular formula is C11H8ClN3. The van der Waals surface area contributed by atoms with Gasteiger partial charge in [-0.1, -0.05) is 23.7 Å². The SMILES string of the molecule is NC1=Nc2ccc(Cl)c3cccc(c23)N1. The van der Waals surface area contributed by atoms with Crippen LogP contribution in [0.4, 0.5) is 11.4 Å². The number of rotatable bonds is 0. The standard InChI is InChI=1S/C11H8ClN3/c12-7-4-5-9-10-6(7)2-1-3-8(10)14-11(13)15-9/h1-5H,(H3,13,14,15).